The van der Waals surface area contributed by atoms with E-state index in [0.717, 1.165) is 17.2 Å². The van der Waals surface area contributed by atoms with E-state index >= 15 is 0 Å². The second-order valence-electron chi connectivity index (χ2n) is 5.07. The summed E-state index contributed by atoms with van der Waals surface area (Å²) in [6, 6.07) is 9.16. The quantitative estimate of drug-likeness (QED) is 0.707. The summed E-state index contributed by atoms with van der Waals surface area (Å²) >= 11 is 0. The maximum Gasteiger partial charge on any atom is 0.251 e. The van der Waals surface area contributed by atoms with Crippen LogP contribution in [0.15, 0.2) is 42.6 Å². The van der Waals surface area contributed by atoms with Crippen LogP contribution in [-0.4, -0.2) is 33.6 Å². The minimum atomic E-state index is -0.362. The first kappa shape index (κ1) is 15.0. The largest absolute Gasteiger partial charge is 0.368 e. The molecular formula is C16H16FN5O. The Hall–Kier alpha value is -2.96. The zero-order chi connectivity index (χ0) is 16.2. The summed E-state index contributed by atoms with van der Waals surface area (Å²) in [6.45, 7) is 2.88. The number of hydrogen-bond donors (Lipinski definition) is 2. The highest BCUT2D eigenvalue weighted by molar-refractivity contribution is 5.94. The van der Waals surface area contributed by atoms with E-state index in [2.05, 4.69) is 20.7 Å². The number of aromatic nitrogens is 3. The summed E-state index contributed by atoms with van der Waals surface area (Å²) < 4.78 is 14.5. The number of anilines is 1. The molecule has 118 valence electrons. The van der Waals surface area contributed by atoms with E-state index < -0.39 is 0 Å². The lowest BCUT2D eigenvalue weighted by atomic mass is 10.2. The van der Waals surface area contributed by atoms with E-state index in [-0.39, 0.29) is 11.7 Å². The van der Waals surface area contributed by atoms with Crippen LogP contribution in [0.25, 0.3) is 5.65 Å². The van der Waals surface area contributed by atoms with Crippen LogP contribution in [0.2, 0.25) is 0 Å². The Labute approximate surface area is 132 Å². The van der Waals surface area contributed by atoms with Crippen LogP contribution in [0, 0.1) is 12.7 Å². The van der Waals surface area contributed by atoms with Crippen LogP contribution < -0.4 is 10.6 Å². The van der Waals surface area contributed by atoms with Gasteiger partial charge in [0.1, 0.15) is 11.6 Å². The molecule has 0 atom stereocenters. The first-order chi connectivity index (χ1) is 11.1. The van der Waals surface area contributed by atoms with Crippen molar-refractivity contribution in [3.8, 4) is 0 Å². The van der Waals surface area contributed by atoms with Gasteiger partial charge in [0.2, 0.25) is 0 Å². The van der Waals surface area contributed by atoms with Crippen molar-refractivity contribution >= 4 is 17.4 Å². The lowest BCUT2D eigenvalue weighted by molar-refractivity contribution is 0.0955. The van der Waals surface area contributed by atoms with Gasteiger partial charge >= 0.3 is 0 Å². The molecule has 1 aromatic carbocycles. The molecule has 2 N–H and O–H groups in total. The number of hydrogen-bond acceptors (Lipinski definition) is 4. The molecule has 3 aromatic rings. The van der Waals surface area contributed by atoms with E-state index in [4.69, 9.17) is 0 Å². The normalized spacial score (nSPS) is 10.7. The van der Waals surface area contributed by atoms with Crippen LogP contribution in [0.4, 0.5) is 10.2 Å². The number of carbonyl (C=O) groups is 1. The molecule has 0 radical (unpaired) electrons. The van der Waals surface area contributed by atoms with E-state index in [1.165, 1.54) is 24.3 Å². The summed E-state index contributed by atoms with van der Waals surface area (Å²) in [5.41, 5.74) is 2.08. The molecular weight excluding hydrogens is 297 g/mol. The Morgan fingerprint density at radius 1 is 1.22 bits per heavy atom. The molecule has 1 amide bonds. The SMILES string of the molecule is Cc1cc(NCCNC(=O)c2ccc(F)cc2)n2nccc2n1. The van der Waals surface area contributed by atoms with Gasteiger partial charge in [-0.1, -0.05) is 0 Å². The summed E-state index contributed by atoms with van der Waals surface area (Å²) in [5.74, 6) is 0.218. The molecule has 0 saturated heterocycles. The first-order valence-corrected chi connectivity index (χ1v) is 7.22. The fraction of sp³-hybridized carbons (Fsp3) is 0.188. The van der Waals surface area contributed by atoms with Crippen LogP contribution in [0.3, 0.4) is 0 Å². The minimum Gasteiger partial charge on any atom is -0.368 e. The minimum absolute atomic E-state index is 0.234. The van der Waals surface area contributed by atoms with Gasteiger partial charge < -0.3 is 10.6 Å². The van der Waals surface area contributed by atoms with Gasteiger partial charge in [0, 0.05) is 36.5 Å². The molecule has 2 aromatic heterocycles. The van der Waals surface area contributed by atoms with Crippen LogP contribution >= 0.6 is 0 Å². The number of halogens is 1. The van der Waals surface area contributed by atoms with Crippen molar-refractivity contribution < 1.29 is 9.18 Å². The van der Waals surface area contributed by atoms with Crippen molar-refractivity contribution in [2.45, 2.75) is 6.92 Å². The molecule has 0 fully saturated rings. The lowest BCUT2D eigenvalue weighted by Crippen LogP contribution is -2.29. The third-order valence-electron chi connectivity index (χ3n) is 3.31. The summed E-state index contributed by atoms with van der Waals surface area (Å²) in [4.78, 5) is 16.3. The third-order valence-corrected chi connectivity index (χ3v) is 3.31. The molecule has 0 bridgehead atoms. The standard InChI is InChI=1S/C16H16FN5O/c1-11-10-15(22-14(21-11)6-7-20-22)18-8-9-19-16(23)12-2-4-13(17)5-3-12/h2-7,10,18H,8-9H2,1H3,(H,19,23). The molecule has 0 spiro atoms. The van der Waals surface area contributed by atoms with Crippen molar-refractivity contribution in [2.75, 3.05) is 18.4 Å². The number of fused-ring (bicyclic) bond motifs is 1. The predicted octanol–water partition coefficient (Wildman–Crippen LogP) is 2.02. The van der Waals surface area contributed by atoms with Gasteiger partial charge in [0.05, 0.1) is 6.20 Å². The van der Waals surface area contributed by atoms with E-state index in [1.807, 2.05) is 19.1 Å². The van der Waals surface area contributed by atoms with Crippen molar-refractivity contribution in [3.05, 3.63) is 59.7 Å². The second-order valence-corrected chi connectivity index (χ2v) is 5.07. The van der Waals surface area contributed by atoms with E-state index in [9.17, 15) is 9.18 Å². The topological polar surface area (TPSA) is 71.3 Å². The molecule has 23 heavy (non-hydrogen) atoms. The predicted molar refractivity (Wildman–Crippen MR) is 84.9 cm³/mol. The Bertz CT molecular complexity index is 828. The van der Waals surface area contributed by atoms with Gasteiger partial charge in [-0.15, -0.1) is 0 Å². The fourth-order valence-electron chi connectivity index (χ4n) is 2.23. The van der Waals surface area contributed by atoms with Gasteiger partial charge in [0.15, 0.2) is 5.65 Å². The number of aryl methyl sites for hydroxylation is 1. The molecule has 6 nitrogen and oxygen atoms in total. The Morgan fingerprint density at radius 2 is 2.00 bits per heavy atom. The molecule has 0 aliphatic rings. The highest BCUT2D eigenvalue weighted by Gasteiger charge is 2.06. The van der Waals surface area contributed by atoms with Gasteiger partial charge in [-0.05, 0) is 31.2 Å². The number of carbonyl (C=O) groups excluding carboxylic acids is 1. The van der Waals surface area contributed by atoms with Crippen LogP contribution in [-0.2, 0) is 0 Å². The highest BCUT2D eigenvalue weighted by atomic mass is 19.1. The maximum absolute atomic E-state index is 12.8. The summed E-state index contributed by atoms with van der Waals surface area (Å²) in [6.07, 6.45) is 1.68. The zero-order valence-electron chi connectivity index (χ0n) is 12.6. The van der Waals surface area contributed by atoms with Gasteiger partial charge in [0.25, 0.3) is 5.91 Å². The number of amides is 1. The molecule has 3 rings (SSSR count). The van der Waals surface area contributed by atoms with Crippen LogP contribution in [0.5, 0.6) is 0 Å². The Balaban J connectivity index is 1.56. The van der Waals surface area contributed by atoms with Crippen LogP contribution in [0.1, 0.15) is 16.1 Å². The monoisotopic (exact) mass is 313 g/mol. The first-order valence-electron chi connectivity index (χ1n) is 7.22. The van der Waals surface area contributed by atoms with Crippen molar-refractivity contribution in [3.63, 3.8) is 0 Å². The maximum atomic E-state index is 12.8. The Morgan fingerprint density at radius 3 is 2.78 bits per heavy atom. The molecule has 0 aliphatic carbocycles. The average molecular weight is 313 g/mol. The highest BCUT2D eigenvalue weighted by Crippen LogP contribution is 2.11. The smallest absolute Gasteiger partial charge is 0.251 e. The number of nitrogens with one attached hydrogen (secondary N) is 2. The molecule has 7 heteroatoms. The fourth-order valence-corrected chi connectivity index (χ4v) is 2.23. The van der Waals surface area contributed by atoms with Gasteiger partial charge in [-0.2, -0.15) is 9.61 Å². The van der Waals surface area contributed by atoms with Crippen molar-refractivity contribution in [2.24, 2.45) is 0 Å². The van der Waals surface area contributed by atoms with Crippen molar-refractivity contribution in [1.29, 1.82) is 0 Å². The molecule has 0 saturated carbocycles. The Kier molecular flexibility index (Phi) is 4.18. The van der Waals surface area contributed by atoms with E-state index in [0.29, 0.717) is 18.7 Å². The number of rotatable bonds is 5. The summed E-state index contributed by atoms with van der Waals surface area (Å²) in [7, 11) is 0. The van der Waals surface area contributed by atoms with E-state index in [1.54, 1.807) is 10.7 Å². The average Bonchev–Trinajstić information content (AvgIpc) is 3.00. The molecule has 0 aliphatic heterocycles. The number of benzene rings is 1. The van der Waals surface area contributed by atoms with Gasteiger partial charge in [-0.3, -0.25) is 4.79 Å². The molecule has 0 unspecified atom stereocenters. The molecule has 2 heterocycles. The lowest BCUT2D eigenvalue weighted by Gasteiger charge is -2.10. The second kappa shape index (κ2) is 6.43. The van der Waals surface area contributed by atoms with Crippen molar-refractivity contribution in [1.82, 2.24) is 19.9 Å². The zero-order valence-corrected chi connectivity index (χ0v) is 12.6. The number of nitrogens with zero attached hydrogens (tertiary/aromatic N) is 3. The third kappa shape index (κ3) is 3.45. The summed E-state index contributed by atoms with van der Waals surface area (Å²) in [5, 5.41) is 10.2. The van der Waals surface area contributed by atoms with Gasteiger partial charge in [-0.25, -0.2) is 9.37 Å².